The van der Waals surface area contributed by atoms with Crippen molar-refractivity contribution in [3.63, 3.8) is 0 Å². The van der Waals surface area contributed by atoms with Crippen molar-refractivity contribution in [2.24, 2.45) is 16.8 Å². The Hall–Kier alpha value is -0.420. The van der Waals surface area contributed by atoms with E-state index in [4.69, 9.17) is 5.84 Å². The summed E-state index contributed by atoms with van der Waals surface area (Å²) in [4.78, 5) is 4.46. The minimum atomic E-state index is 0.516. The molecule has 1 aliphatic rings. The number of nitrogens with two attached hydrogens (primary N) is 1. The second kappa shape index (κ2) is 7.82. The lowest BCUT2D eigenvalue weighted by Crippen LogP contribution is -2.48. The fourth-order valence-corrected chi connectivity index (χ4v) is 3.29. The van der Waals surface area contributed by atoms with Gasteiger partial charge in [-0.25, -0.2) is 5.84 Å². The fraction of sp³-hybridized carbons (Fsp3) is 0.917. The number of hydrogen-bond donors (Lipinski definition) is 3. The van der Waals surface area contributed by atoms with E-state index in [1.807, 2.05) is 11.8 Å². The van der Waals surface area contributed by atoms with Gasteiger partial charge in [-0.1, -0.05) is 27.2 Å². The van der Waals surface area contributed by atoms with Gasteiger partial charge >= 0.3 is 0 Å². The first-order valence-electron chi connectivity index (χ1n) is 6.56. The van der Waals surface area contributed by atoms with Crippen molar-refractivity contribution < 1.29 is 0 Å². The lowest BCUT2D eigenvalue weighted by molar-refractivity contribution is 0.612. The first-order valence-corrected chi connectivity index (χ1v) is 7.61. The Balaban J connectivity index is 2.46. The molecule has 0 aromatic heterocycles. The summed E-state index contributed by atoms with van der Waals surface area (Å²) < 4.78 is 0. The van der Waals surface area contributed by atoms with E-state index in [1.165, 1.54) is 25.0 Å². The second-order valence-corrected chi connectivity index (χ2v) is 6.42. The van der Waals surface area contributed by atoms with Crippen LogP contribution in [-0.2, 0) is 0 Å². The molecule has 0 aromatic rings. The average molecular weight is 258 g/mol. The summed E-state index contributed by atoms with van der Waals surface area (Å²) in [5.74, 6) is 7.99. The Kier molecular flexibility index (Phi) is 6.73. The van der Waals surface area contributed by atoms with Crippen molar-refractivity contribution >= 4 is 17.7 Å². The molecular formula is C12H26N4S. The zero-order chi connectivity index (χ0) is 12.7. The zero-order valence-electron chi connectivity index (χ0n) is 11.2. The van der Waals surface area contributed by atoms with Crippen molar-refractivity contribution in [3.8, 4) is 0 Å². The highest BCUT2D eigenvalue weighted by Gasteiger charge is 2.27. The molecule has 0 spiro atoms. The van der Waals surface area contributed by atoms with Gasteiger partial charge < -0.3 is 5.32 Å². The van der Waals surface area contributed by atoms with Crippen LogP contribution in [0.3, 0.4) is 0 Å². The van der Waals surface area contributed by atoms with Crippen LogP contribution in [0.2, 0.25) is 0 Å². The van der Waals surface area contributed by atoms with Crippen LogP contribution >= 0.6 is 11.8 Å². The lowest BCUT2D eigenvalue weighted by atomic mass is 10.2. The second-order valence-electron chi connectivity index (χ2n) is 4.90. The molecule has 0 saturated heterocycles. The normalized spacial score (nSPS) is 25.4. The molecule has 1 aliphatic carbocycles. The van der Waals surface area contributed by atoms with E-state index in [-0.39, 0.29) is 0 Å². The molecule has 5 heteroatoms. The summed E-state index contributed by atoms with van der Waals surface area (Å²) in [7, 11) is 0. The van der Waals surface area contributed by atoms with Crippen LogP contribution < -0.4 is 16.6 Å². The first-order chi connectivity index (χ1) is 8.17. The van der Waals surface area contributed by atoms with E-state index >= 15 is 0 Å². The number of guanidine groups is 1. The first kappa shape index (κ1) is 14.6. The molecule has 0 aromatic carbocycles. The summed E-state index contributed by atoms with van der Waals surface area (Å²) in [5, 5.41) is 4.16. The molecule has 1 fully saturated rings. The quantitative estimate of drug-likeness (QED) is 0.304. The SMILES string of the molecule is CCSC1CCCC1NC(=NCC(C)C)NN. The van der Waals surface area contributed by atoms with Crippen molar-refractivity contribution in [1.82, 2.24) is 10.7 Å². The minimum absolute atomic E-state index is 0.516. The maximum absolute atomic E-state index is 5.51. The fourth-order valence-electron chi connectivity index (χ4n) is 2.09. The van der Waals surface area contributed by atoms with Gasteiger partial charge in [-0.3, -0.25) is 10.4 Å². The van der Waals surface area contributed by atoms with Crippen molar-refractivity contribution in [3.05, 3.63) is 0 Å². The van der Waals surface area contributed by atoms with E-state index in [0.717, 1.165) is 12.5 Å². The minimum Gasteiger partial charge on any atom is -0.351 e. The Morgan fingerprint density at radius 3 is 2.82 bits per heavy atom. The number of aliphatic imine (C=N–C) groups is 1. The number of hydrogen-bond acceptors (Lipinski definition) is 3. The number of nitrogens with one attached hydrogen (secondary N) is 2. The molecule has 4 N–H and O–H groups in total. The van der Waals surface area contributed by atoms with Gasteiger partial charge in [0.2, 0.25) is 5.96 Å². The Labute approximate surface area is 109 Å². The number of thioether (sulfide) groups is 1. The summed E-state index contributed by atoms with van der Waals surface area (Å²) in [6.07, 6.45) is 3.83. The van der Waals surface area contributed by atoms with Gasteiger partial charge in [0, 0.05) is 17.8 Å². The van der Waals surface area contributed by atoms with Gasteiger partial charge in [-0.2, -0.15) is 11.8 Å². The van der Waals surface area contributed by atoms with E-state index in [9.17, 15) is 0 Å². The summed E-state index contributed by atoms with van der Waals surface area (Å²) in [6.45, 7) is 7.34. The molecule has 0 heterocycles. The molecule has 2 atom stereocenters. The molecule has 0 bridgehead atoms. The third kappa shape index (κ3) is 5.17. The smallest absolute Gasteiger partial charge is 0.205 e. The number of rotatable bonds is 5. The third-order valence-electron chi connectivity index (χ3n) is 2.91. The molecule has 4 nitrogen and oxygen atoms in total. The molecule has 17 heavy (non-hydrogen) atoms. The van der Waals surface area contributed by atoms with E-state index < -0.39 is 0 Å². The third-order valence-corrected chi connectivity index (χ3v) is 4.23. The molecule has 0 radical (unpaired) electrons. The van der Waals surface area contributed by atoms with Crippen LogP contribution in [0.1, 0.15) is 40.0 Å². The van der Waals surface area contributed by atoms with Crippen LogP contribution in [0.4, 0.5) is 0 Å². The van der Waals surface area contributed by atoms with Gasteiger partial charge in [0.25, 0.3) is 0 Å². The monoisotopic (exact) mass is 258 g/mol. The maximum atomic E-state index is 5.51. The highest BCUT2D eigenvalue weighted by atomic mass is 32.2. The molecule has 1 rings (SSSR count). The highest BCUT2D eigenvalue weighted by molar-refractivity contribution is 7.99. The Morgan fingerprint density at radius 2 is 2.24 bits per heavy atom. The van der Waals surface area contributed by atoms with Crippen LogP contribution in [0.5, 0.6) is 0 Å². The van der Waals surface area contributed by atoms with Crippen molar-refractivity contribution in [2.75, 3.05) is 12.3 Å². The van der Waals surface area contributed by atoms with Crippen molar-refractivity contribution in [2.45, 2.75) is 51.3 Å². The Bertz CT molecular complexity index is 243. The largest absolute Gasteiger partial charge is 0.351 e. The molecule has 100 valence electrons. The van der Waals surface area contributed by atoms with Crippen LogP contribution in [-0.4, -0.2) is 29.5 Å². The van der Waals surface area contributed by atoms with Gasteiger partial charge in [0.05, 0.1) is 0 Å². The molecular weight excluding hydrogens is 232 g/mol. The standard InChI is InChI=1S/C12H26N4S/c1-4-17-11-7-5-6-10(11)15-12(16-13)14-8-9(2)3/h9-11H,4-8,13H2,1-3H3,(H2,14,15,16). The van der Waals surface area contributed by atoms with Gasteiger partial charge in [-0.15, -0.1) is 0 Å². The molecule has 0 amide bonds. The number of hydrazine groups is 1. The predicted octanol–water partition coefficient (Wildman–Crippen LogP) is 1.73. The summed E-state index contributed by atoms with van der Waals surface area (Å²) in [5.41, 5.74) is 2.68. The average Bonchev–Trinajstić information content (AvgIpc) is 2.72. The number of nitrogens with zero attached hydrogens (tertiary/aromatic N) is 1. The zero-order valence-corrected chi connectivity index (χ0v) is 12.0. The maximum Gasteiger partial charge on any atom is 0.205 e. The summed E-state index contributed by atoms with van der Waals surface area (Å²) in [6, 6.07) is 0.516. The summed E-state index contributed by atoms with van der Waals surface area (Å²) >= 11 is 2.04. The van der Waals surface area contributed by atoms with Gasteiger partial charge in [-0.05, 0) is 24.5 Å². The predicted molar refractivity (Wildman–Crippen MR) is 77.2 cm³/mol. The highest BCUT2D eigenvalue weighted by Crippen LogP contribution is 2.29. The van der Waals surface area contributed by atoms with Gasteiger partial charge in [0.1, 0.15) is 0 Å². The van der Waals surface area contributed by atoms with Crippen LogP contribution in [0.15, 0.2) is 4.99 Å². The molecule has 2 unspecified atom stereocenters. The van der Waals surface area contributed by atoms with E-state index in [1.54, 1.807) is 0 Å². The van der Waals surface area contributed by atoms with E-state index in [0.29, 0.717) is 17.2 Å². The van der Waals surface area contributed by atoms with Crippen molar-refractivity contribution in [1.29, 1.82) is 0 Å². The van der Waals surface area contributed by atoms with Crippen LogP contribution in [0.25, 0.3) is 0 Å². The van der Waals surface area contributed by atoms with Gasteiger partial charge in [0.15, 0.2) is 0 Å². The topological polar surface area (TPSA) is 62.4 Å². The molecule has 1 saturated carbocycles. The Morgan fingerprint density at radius 1 is 1.47 bits per heavy atom. The van der Waals surface area contributed by atoms with Crippen LogP contribution in [0, 0.1) is 5.92 Å². The van der Waals surface area contributed by atoms with E-state index in [2.05, 4.69) is 36.5 Å². The lowest BCUT2D eigenvalue weighted by Gasteiger charge is -2.22. The molecule has 0 aliphatic heterocycles.